The van der Waals surface area contributed by atoms with Gasteiger partial charge in [0.05, 0.1) is 5.56 Å². The van der Waals surface area contributed by atoms with Gasteiger partial charge in [-0.2, -0.15) is 0 Å². The highest BCUT2D eigenvalue weighted by molar-refractivity contribution is 7.13. The summed E-state index contributed by atoms with van der Waals surface area (Å²) in [5.74, 6) is 1.19. The molecule has 27 heavy (non-hydrogen) atoms. The first-order valence-corrected chi connectivity index (χ1v) is 9.85. The maximum atomic E-state index is 12.3. The second kappa shape index (κ2) is 7.44. The van der Waals surface area contributed by atoms with Gasteiger partial charge in [-0.05, 0) is 43.5 Å². The molecule has 138 valence electrons. The van der Waals surface area contributed by atoms with Gasteiger partial charge >= 0.3 is 0 Å². The number of aryl methyl sites for hydroxylation is 1. The topological polar surface area (TPSA) is 71.0 Å². The van der Waals surface area contributed by atoms with E-state index < -0.39 is 0 Å². The zero-order valence-corrected chi connectivity index (χ0v) is 16.1. The third kappa shape index (κ3) is 3.68. The van der Waals surface area contributed by atoms with Crippen molar-refractivity contribution in [2.75, 3.05) is 16.8 Å². The predicted octanol–water partition coefficient (Wildman–Crippen LogP) is 3.88. The Morgan fingerprint density at radius 2 is 2.11 bits per heavy atom. The molecule has 0 bridgehead atoms. The highest BCUT2D eigenvalue weighted by atomic mass is 32.1. The van der Waals surface area contributed by atoms with E-state index in [4.69, 9.17) is 0 Å². The normalized spacial score (nSPS) is 19.3. The number of nitrogens with one attached hydrogen (secondary N) is 1. The Labute approximate surface area is 162 Å². The van der Waals surface area contributed by atoms with Crippen LogP contribution in [-0.4, -0.2) is 33.7 Å². The van der Waals surface area contributed by atoms with Crippen LogP contribution in [0.2, 0.25) is 0 Å². The molecule has 1 aliphatic heterocycles. The number of amides is 1. The number of hydrogen-bond acceptors (Lipinski definition) is 6. The second-order valence-corrected chi connectivity index (χ2v) is 7.73. The quantitative estimate of drug-likeness (QED) is 0.745. The van der Waals surface area contributed by atoms with Gasteiger partial charge in [-0.15, -0.1) is 10.2 Å². The van der Waals surface area contributed by atoms with E-state index in [1.54, 1.807) is 11.7 Å². The second-order valence-electron chi connectivity index (χ2n) is 6.89. The van der Waals surface area contributed by atoms with E-state index in [0.29, 0.717) is 22.7 Å². The number of aromatic nitrogens is 3. The number of nitrogens with zero attached hydrogens (tertiary/aromatic N) is 4. The first-order chi connectivity index (χ1) is 13.1. The molecular formula is C20H21N5OS. The average Bonchev–Trinajstić information content (AvgIpc) is 3.32. The number of hydrogen-bond donors (Lipinski definition) is 1. The van der Waals surface area contributed by atoms with E-state index in [2.05, 4.69) is 63.5 Å². The standard InChI is InChI=1S/C20H21N5OS/c1-13-5-3-4-6-17(13)16-9-14(2)25(11-16)18-8-7-15(10-21-18)19(26)23-20-24-22-12-27-20/h3-8,10,12,14,16H,9,11H2,1-2H3,(H,23,24,26). The maximum absolute atomic E-state index is 12.3. The largest absolute Gasteiger partial charge is 0.353 e. The lowest BCUT2D eigenvalue weighted by Crippen LogP contribution is -2.27. The summed E-state index contributed by atoms with van der Waals surface area (Å²) in [6, 6.07) is 12.7. The molecule has 1 saturated heterocycles. The molecule has 1 amide bonds. The number of benzene rings is 1. The van der Waals surface area contributed by atoms with E-state index in [9.17, 15) is 4.79 Å². The molecular weight excluding hydrogens is 358 g/mol. The molecule has 1 fully saturated rings. The molecule has 1 aliphatic rings. The molecule has 2 atom stereocenters. The smallest absolute Gasteiger partial charge is 0.259 e. The van der Waals surface area contributed by atoms with Crippen molar-refractivity contribution in [1.82, 2.24) is 15.2 Å². The Hall–Kier alpha value is -2.80. The lowest BCUT2D eigenvalue weighted by molar-refractivity contribution is 0.102. The van der Waals surface area contributed by atoms with Crippen LogP contribution in [0.15, 0.2) is 48.1 Å². The van der Waals surface area contributed by atoms with Gasteiger partial charge in [0.25, 0.3) is 5.91 Å². The van der Waals surface area contributed by atoms with Gasteiger partial charge in [0.1, 0.15) is 11.3 Å². The lowest BCUT2D eigenvalue weighted by atomic mass is 9.93. The maximum Gasteiger partial charge on any atom is 0.259 e. The molecule has 3 aromatic rings. The van der Waals surface area contributed by atoms with Crippen LogP contribution < -0.4 is 10.2 Å². The van der Waals surface area contributed by atoms with E-state index in [1.165, 1.54) is 22.5 Å². The Bertz CT molecular complexity index is 926. The van der Waals surface area contributed by atoms with Gasteiger partial charge < -0.3 is 4.90 Å². The number of carbonyl (C=O) groups is 1. The molecule has 1 aromatic carbocycles. The van der Waals surface area contributed by atoms with E-state index in [0.717, 1.165) is 18.8 Å². The fraction of sp³-hybridized carbons (Fsp3) is 0.300. The van der Waals surface area contributed by atoms with Crippen LogP contribution in [-0.2, 0) is 0 Å². The number of anilines is 2. The summed E-state index contributed by atoms with van der Waals surface area (Å²) in [5, 5.41) is 10.7. The Balaban J connectivity index is 1.47. The third-order valence-electron chi connectivity index (χ3n) is 5.09. The molecule has 0 saturated carbocycles. The number of rotatable bonds is 4. The molecule has 0 radical (unpaired) electrons. The molecule has 1 N–H and O–H groups in total. The van der Waals surface area contributed by atoms with Crippen molar-refractivity contribution >= 4 is 28.2 Å². The molecule has 3 heterocycles. The average molecular weight is 379 g/mol. The van der Waals surface area contributed by atoms with E-state index in [-0.39, 0.29) is 5.91 Å². The third-order valence-corrected chi connectivity index (χ3v) is 5.69. The van der Waals surface area contributed by atoms with Crippen molar-refractivity contribution in [3.8, 4) is 0 Å². The molecule has 2 aromatic heterocycles. The van der Waals surface area contributed by atoms with Gasteiger partial charge in [0.2, 0.25) is 5.13 Å². The summed E-state index contributed by atoms with van der Waals surface area (Å²) in [6.45, 7) is 5.34. The van der Waals surface area contributed by atoms with Crippen molar-refractivity contribution < 1.29 is 4.79 Å². The van der Waals surface area contributed by atoms with Crippen LogP contribution in [0.5, 0.6) is 0 Å². The highest BCUT2D eigenvalue weighted by Gasteiger charge is 2.31. The Morgan fingerprint density at radius 1 is 1.26 bits per heavy atom. The first-order valence-electron chi connectivity index (χ1n) is 8.97. The summed E-state index contributed by atoms with van der Waals surface area (Å²) in [4.78, 5) is 19.1. The van der Waals surface area contributed by atoms with Crippen molar-refractivity contribution in [3.05, 3.63) is 64.8 Å². The van der Waals surface area contributed by atoms with Gasteiger partial charge in [0, 0.05) is 24.7 Å². The summed E-state index contributed by atoms with van der Waals surface area (Å²) in [5.41, 5.74) is 4.85. The van der Waals surface area contributed by atoms with Crippen LogP contribution in [0.4, 0.5) is 10.9 Å². The molecule has 0 aliphatic carbocycles. The SMILES string of the molecule is Cc1ccccc1C1CC(C)N(c2ccc(C(=O)Nc3nncs3)cn2)C1. The predicted molar refractivity (Wildman–Crippen MR) is 107 cm³/mol. The van der Waals surface area contributed by atoms with Crippen molar-refractivity contribution in [2.45, 2.75) is 32.2 Å². The highest BCUT2D eigenvalue weighted by Crippen LogP contribution is 2.35. The molecule has 2 unspecified atom stereocenters. The minimum Gasteiger partial charge on any atom is -0.353 e. The van der Waals surface area contributed by atoms with Crippen LogP contribution in [0.1, 0.15) is 40.7 Å². The van der Waals surface area contributed by atoms with Gasteiger partial charge in [0.15, 0.2) is 0 Å². The summed E-state index contributed by atoms with van der Waals surface area (Å²) >= 11 is 1.29. The minimum atomic E-state index is -0.224. The van der Waals surface area contributed by atoms with E-state index in [1.807, 2.05) is 12.1 Å². The Morgan fingerprint density at radius 3 is 2.81 bits per heavy atom. The minimum absolute atomic E-state index is 0.224. The van der Waals surface area contributed by atoms with Crippen LogP contribution >= 0.6 is 11.3 Å². The number of carbonyl (C=O) groups excluding carboxylic acids is 1. The molecule has 4 rings (SSSR count). The van der Waals surface area contributed by atoms with Crippen molar-refractivity contribution in [1.29, 1.82) is 0 Å². The van der Waals surface area contributed by atoms with Crippen molar-refractivity contribution in [2.24, 2.45) is 0 Å². The lowest BCUT2D eigenvalue weighted by Gasteiger charge is -2.22. The monoisotopic (exact) mass is 379 g/mol. The van der Waals surface area contributed by atoms with Gasteiger partial charge in [-0.1, -0.05) is 35.6 Å². The number of pyridine rings is 1. The van der Waals surface area contributed by atoms with E-state index >= 15 is 0 Å². The van der Waals surface area contributed by atoms with Crippen molar-refractivity contribution in [3.63, 3.8) is 0 Å². The van der Waals surface area contributed by atoms with Gasteiger partial charge in [-0.3, -0.25) is 10.1 Å². The van der Waals surface area contributed by atoms with Crippen LogP contribution in [0.25, 0.3) is 0 Å². The van der Waals surface area contributed by atoms with Crippen LogP contribution in [0, 0.1) is 6.92 Å². The zero-order valence-electron chi connectivity index (χ0n) is 15.3. The molecule has 7 heteroatoms. The summed E-state index contributed by atoms with van der Waals surface area (Å²) < 4.78 is 0. The molecule has 6 nitrogen and oxygen atoms in total. The fourth-order valence-electron chi connectivity index (χ4n) is 3.71. The van der Waals surface area contributed by atoms with Gasteiger partial charge in [-0.25, -0.2) is 4.98 Å². The zero-order chi connectivity index (χ0) is 18.8. The van der Waals surface area contributed by atoms with Crippen LogP contribution in [0.3, 0.4) is 0 Å². The fourth-order valence-corrected chi connectivity index (χ4v) is 4.15. The first kappa shape index (κ1) is 17.6. The Kier molecular flexibility index (Phi) is 4.85. The summed E-state index contributed by atoms with van der Waals surface area (Å²) in [7, 11) is 0. The summed E-state index contributed by atoms with van der Waals surface area (Å²) in [6.07, 6.45) is 2.73. The molecule has 0 spiro atoms.